The Bertz CT molecular complexity index is 1110. The highest BCUT2D eigenvalue weighted by Gasteiger charge is 2.14. The number of anilines is 1. The molecule has 1 amide bonds. The van der Waals surface area contributed by atoms with Crippen molar-refractivity contribution >= 4 is 22.4 Å². The molecule has 0 saturated carbocycles. The Morgan fingerprint density at radius 3 is 2.69 bits per heavy atom. The number of nitrogens with one attached hydrogen (secondary N) is 1. The lowest BCUT2D eigenvalue weighted by atomic mass is 9.99. The zero-order chi connectivity index (χ0) is 18.1. The van der Waals surface area contributed by atoms with Gasteiger partial charge in [0.15, 0.2) is 0 Å². The first-order valence-electron chi connectivity index (χ1n) is 8.31. The largest absolute Gasteiger partial charge is 0.351 e. The van der Waals surface area contributed by atoms with Crippen molar-refractivity contribution in [2.75, 3.05) is 5.32 Å². The van der Waals surface area contributed by atoms with E-state index in [1.165, 1.54) is 0 Å². The third-order valence-corrected chi connectivity index (χ3v) is 4.28. The Morgan fingerprint density at radius 2 is 1.88 bits per heavy atom. The lowest BCUT2D eigenvalue weighted by molar-refractivity contribution is 0.0988. The zero-order valence-corrected chi connectivity index (χ0v) is 14.5. The van der Waals surface area contributed by atoms with Crippen LogP contribution in [0.4, 0.5) is 5.69 Å². The van der Waals surface area contributed by atoms with Crippen LogP contribution in [0.25, 0.3) is 22.0 Å². The topological polar surface area (TPSA) is 68.0 Å². The summed E-state index contributed by atoms with van der Waals surface area (Å²) in [6.45, 7) is 3.81. The molecule has 1 N–H and O–H groups in total. The Hall–Kier alpha value is -3.47. The summed E-state index contributed by atoms with van der Waals surface area (Å²) >= 11 is 0. The van der Waals surface area contributed by atoms with Gasteiger partial charge in [-0.25, -0.2) is 0 Å². The fourth-order valence-electron chi connectivity index (χ4n) is 2.95. The van der Waals surface area contributed by atoms with Gasteiger partial charge in [-0.15, -0.1) is 0 Å². The van der Waals surface area contributed by atoms with E-state index < -0.39 is 0 Å². The van der Waals surface area contributed by atoms with Crippen molar-refractivity contribution in [1.29, 1.82) is 0 Å². The van der Waals surface area contributed by atoms with Gasteiger partial charge in [0.1, 0.15) is 0 Å². The SMILES string of the molecule is Cc1cc(C(=O)Nc2ccc(C)c(-c3nccc4ccccc34)c2)on1. The van der Waals surface area contributed by atoms with Crippen molar-refractivity contribution in [2.45, 2.75) is 13.8 Å². The van der Waals surface area contributed by atoms with Crippen molar-refractivity contribution in [1.82, 2.24) is 10.1 Å². The predicted octanol–water partition coefficient (Wildman–Crippen LogP) is 4.76. The van der Waals surface area contributed by atoms with Gasteiger partial charge in [0, 0.05) is 28.9 Å². The summed E-state index contributed by atoms with van der Waals surface area (Å²) in [5.41, 5.74) is 4.31. The molecular weight excluding hydrogens is 326 g/mol. The van der Waals surface area contributed by atoms with Gasteiger partial charge in [0.05, 0.1) is 11.4 Å². The predicted molar refractivity (Wildman–Crippen MR) is 101 cm³/mol. The highest BCUT2D eigenvalue weighted by atomic mass is 16.5. The minimum absolute atomic E-state index is 0.188. The lowest BCUT2D eigenvalue weighted by Gasteiger charge is -2.11. The number of benzene rings is 2. The first-order valence-corrected chi connectivity index (χ1v) is 8.31. The molecule has 0 aliphatic rings. The molecule has 0 radical (unpaired) electrons. The summed E-state index contributed by atoms with van der Waals surface area (Å²) in [6.07, 6.45) is 1.81. The van der Waals surface area contributed by atoms with E-state index in [1.54, 1.807) is 19.2 Å². The Kier molecular flexibility index (Phi) is 3.97. The van der Waals surface area contributed by atoms with Crippen LogP contribution in [0.15, 0.2) is 65.3 Å². The van der Waals surface area contributed by atoms with E-state index in [2.05, 4.69) is 27.6 Å². The quantitative estimate of drug-likeness (QED) is 0.582. The molecule has 0 unspecified atom stereocenters. The van der Waals surface area contributed by atoms with Crippen molar-refractivity contribution in [2.24, 2.45) is 0 Å². The van der Waals surface area contributed by atoms with E-state index in [0.717, 1.165) is 27.6 Å². The van der Waals surface area contributed by atoms with E-state index >= 15 is 0 Å². The fraction of sp³-hybridized carbons (Fsp3) is 0.0952. The van der Waals surface area contributed by atoms with Crippen LogP contribution in [0.2, 0.25) is 0 Å². The van der Waals surface area contributed by atoms with Gasteiger partial charge in [-0.2, -0.15) is 0 Å². The second kappa shape index (κ2) is 6.44. The molecule has 128 valence electrons. The van der Waals surface area contributed by atoms with Crippen molar-refractivity contribution in [3.63, 3.8) is 0 Å². The third kappa shape index (κ3) is 2.95. The molecule has 4 aromatic rings. The van der Waals surface area contributed by atoms with Crippen LogP contribution < -0.4 is 5.32 Å². The number of hydrogen-bond donors (Lipinski definition) is 1. The number of amides is 1. The smallest absolute Gasteiger partial charge is 0.294 e. The Labute approximate surface area is 150 Å². The summed E-state index contributed by atoms with van der Waals surface area (Å²) in [5.74, 6) is -0.140. The maximum Gasteiger partial charge on any atom is 0.294 e. The Morgan fingerprint density at radius 1 is 1.04 bits per heavy atom. The minimum atomic E-state index is -0.328. The van der Waals surface area contributed by atoms with Crippen LogP contribution >= 0.6 is 0 Å². The highest BCUT2D eigenvalue weighted by molar-refractivity contribution is 6.03. The van der Waals surface area contributed by atoms with Gasteiger partial charge in [0.2, 0.25) is 5.76 Å². The summed E-state index contributed by atoms with van der Waals surface area (Å²) < 4.78 is 5.02. The molecule has 2 heterocycles. The second-order valence-corrected chi connectivity index (χ2v) is 6.20. The molecule has 2 aromatic heterocycles. The molecule has 0 aliphatic heterocycles. The number of aryl methyl sites for hydroxylation is 2. The summed E-state index contributed by atoms with van der Waals surface area (Å²) in [4.78, 5) is 16.9. The zero-order valence-electron chi connectivity index (χ0n) is 14.5. The van der Waals surface area contributed by atoms with Crippen LogP contribution in [0, 0.1) is 13.8 Å². The van der Waals surface area contributed by atoms with Crippen LogP contribution in [0.5, 0.6) is 0 Å². The standard InChI is InChI=1S/C21H17N3O2/c1-13-7-8-16(23-21(25)19-11-14(2)24-26-19)12-18(13)20-17-6-4-3-5-15(17)9-10-22-20/h3-12H,1-2H3,(H,23,25). The number of carbonyl (C=O) groups excluding carboxylic acids is 1. The minimum Gasteiger partial charge on any atom is -0.351 e. The van der Waals surface area contributed by atoms with Gasteiger partial charge < -0.3 is 9.84 Å². The van der Waals surface area contributed by atoms with Crippen LogP contribution in [-0.2, 0) is 0 Å². The second-order valence-electron chi connectivity index (χ2n) is 6.20. The van der Waals surface area contributed by atoms with Gasteiger partial charge in [-0.05, 0) is 43.0 Å². The number of nitrogens with zero attached hydrogens (tertiary/aromatic N) is 2. The lowest BCUT2D eigenvalue weighted by Crippen LogP contribution is -2.11. The molecule has 0 atom stereocenters. The molecular formula is C21H17N3O2. The number of aromatic nitrogens is 2. The third-order valence-electron chi connectivity index (χ3n) is 4.28. The van der Waals surface area contributed by atoms with Crippen molar-refractivity contribution in [3.8, 4) is 11.3 Å². The number of rotatable bonds is 3. The summed E-state index contributed by atoms with van der Waals surface area (Å²) in [5, 5.41) is 8.81. The molecule has 4 rings (SSSR count). The summed E-state index contributed by atoms with van der Waals surface area (Å²) in [6, 6.07) is 17.5. The average Bonchev–Trinajstić information content (AvgIpc) is 3.09. The monoisotopic (exact) mass is 343 g/mol. The van der Waals surface area contributed by atoms with E-state index in [1.807, 2.05) is 43.3 Å². The van der Waals surface area contributed by atoms with Gasteiger partial charge in [-0.3, -0.25) is 9.78 Å². The van der Waals surface area contributed by atoms with Crippen LogP contribution in [0.1, 0.15) is 21.8 Å². The molecule has 5 heteroatoms. The molecule has 0 spiro atoms. The maximum atomic E-state index is 12.3. The number of hydrogen-bond acceptors (Lipinski definition) is 4. The molecule has 26 heavy (non-hydrogen) atoms. The molecule has 2 aromatic carbocycles. The normalized spacial score (nSPS) is 10.8. The van der Waals surface area contributed by atoms with Gasteiger partial charge in [0.25, 0.3) is 5.91 Å². The highest BCUT2D eigenvalue weighted by Crippen LogP contribution is 2.30. The van der Waals surface area contributed by atoms with Crippen LogP contribution in [0.3, 0.4) is 0 Å². The molecule has 0 saturated heterocycles. The van der Waals surface area contributed by atoms with Gasteiger partial charge >= 0.3 is 0 Å². The Balaban J connectivity index is 1.73. The van der Waals surface area contributed by atoms with Gasteiger partial charge in [-0.1, -0.05) is 35.5 Å². The summed E-state index contributed by atoms with van der Waals surface area (Å²) in [7, 11) is 0. The van der Waals surface area contributed by atoms with Crippen molar-refractivity contribution < 1.29 is 9.32 Å². The first-order chi connectivity index (χ1) is 12.6. The van der Waals surface area contributed by atoms with Crippen molar-refractivity contribution in [3.05, 3.63) is 77.8 Å². The maximum absolute atomic E-state index is 12.3. The molecule has 0 fully saturated rings. The molecule has 0 bridgehead atoms. The van der Waals surface area contributed by atoms with E-state index in [9.17, 15) is 4.79 Å². The average molecular weight is 343 g/mol. The van der Waals surface area contributed by atoms with Crippen LogP contribution in [-0.4, -0.2) is 16.0 Å². The molecule has 0 aliphatic carbocycles. The number of pyridine rings is 1. The van der Waals surface area contributed by atoms with E-state index in [0.29, 0.717) is 11.4 Å². The van der Waals surface area contributed by atoms with E-state index in [4.69, 9.17) is 4.52 Å². The first kappa shape index (κ1) is 16.0. The molecule has 5 nitrogen and oxygen atoms in total. The fourth-order valence-corrected chi connectivity index (χ4v) is 2.95. The van der Waals surface area contributed by atoms with E-state index in [-0.39, 0.29) is 11.7 Å². The number of carbonyl (C=O) groups is 1. The number of fused-ring (bicyclic) bond motifs is 1.